The van der Waals surface area contributed by atoms with Crippen LogP contribution in [0, 0.1) is 0 Å². The second-order valence-electron chi connectivity index (χ2n) is 2.82. The Balaban J connectivity index is 2.87. The molecule has 0 fully saturated rings. The summed E-state index contributed by atoms with van der Waals surface area (Å²) in [6, 6.07) is 4.96. The number of hydrogen-bond acceptors (Lipinski definition) is 2. The Labute approximate surface area is 87.3 Å². The average molecular weight is 220 g/mol. The van der Waals surface area contributed by atoms with Crippen LogP contribution in [0.2, 0.25) is 10.0 Å². The van der Waals surface area contributed by atoms with Crippen molar-refractivity contribution in [3.63, 3.8) is 0 Å². The summed E-state index contributed by atoms with van der Waals surface area (Å²) in [6.07, 6.45) is 0.511. The Morgan fingerprint density at radius 1 is 1.23 bits per heavy atom. The molecule has 2 nitrogen and oxygen atoms in total. The third-order valence-electron chi connectivity index (χ3n) is 1.75. The van der Waals surface area contributed by atoms with Crippen molar-refractivity contribution >= 4 is 23.2 Å². The van der Waals surface area contributed by atoms with E-state index in [9.17, 15) is 0 Å². The minimum Gasteiger partial charge on any atom is -0.396 e. The zero-order valence-electron chi connectivity index (χ0n) is 7.00. The van der Waals surface area contributed by atoms with Crippen LogP contribution < -0.4 is 5.73 Å². The van der Waals surface area contributed by atoms with Crippen molar-refractivity contribution in [3.05, 3.63) is 33.8 Å². The Hall–Kier alpha value is -0.280. The third-order valence-corrected chi connectivity index (χ3v) is 2.19. The van der Waals surface area contributed by atoms with Crippen LogP contribution in [0.1, 0.15) is 18.0 Å². The molecular weight excluding hydrogens is 209 g/mol. The van der Waals surface area contributed by atoms with Gasteiger partial charge >= 0.3 is 0 Å². The summed E-state index contributed by atoms with van der Waals surface area (Å²) >= 11 is 11.6. The Morgan fingerprint density at radius 2 is 1.77 bits per heavy atom. The summed E-state index contributed by atoms with van der Waals surface area (Å²) in [6.45, 7) is 0.0608. The molecule has 0 aliphatic rings. The summed E-state index contributed by atoms with van der Waals surface area (Å²) in [5.74, 6) is 0. The van der Waals surface area contributed by atoms with E-state index in [1.165, 1.54) is 0 Å². The van der Waals surface area contributed by atoms with Gasteiger partial charge in [0.2, 0.25) is 0 Å². The minimum absolute atomic E-state index is 0.0608. The summed E-state index contributed by atoms with van der Waals surface area (Å²) in [7, 11) is 0. The lowest BCUT2D eigenvalue weighted by Gasteiger charge is -2.10. The maximum absolute atomic E-state index is 8.69. The van der Waals surface area contributed by atoms with Crippen LogP contribution in [-0.4, -0.2) is 11.7 Å². The number of nitrogens with two attached hydrogens (primary N) is 1. The normalized spacial score (nSPS) is 12.9. The number of hydrogen-bond donors (Lipinski definition) is 2. The molecule has 0 aliphatic heterocycles. The molecule has 0 radical (unpaired) electrons. The van der Waals surface area contributed by atoms with E-state index in [-0.39, 0.29) is 12.6 Å². The second-order valence-corrected chi connectivity index (χ2v) is 3.69. The van der Waals surface area contributed by atoms with Crippen LogP contribution in [0.5, 0.6) is 0 Å². The SMILES string of the molecule is N[C@@H](CCO)c1cc(Cl)cc(Cl)c1. The fourth-order valence-corrected chi connectivity index (χ4v) is 1.64. The lowest BCUT2D eigenvalue weighted by molar-refractivity contribution is 0.276. The van der Waals surface area contributed by atoms with E-state index in [0.29, 0.717) is 16.5 Å². The lowest BCUT2D eigenvalue weighted by atomic mass is 10.1. The average Bonchev–Trinajstić information content (AvgIpc) is 2.03. The van der Waals surface area contributed by atoms with Gasteiger partial charge in [0.15, 0.2) is 0 Å². The highest BCUT2D eigenvalue weighted by atomic mass is 35.5. The van der Waals surface area contributed by atoms with Gasteiger partial charge in [0.05, 0.1) is 0 Å². The first-order valence-corrected chi connectivity index (χ1v) is 4.71. The molecule has 1 rings (SSSR count). The number of benzene rings is 1. The topological polar surface area (TPSA) is 46.2 Å². The van der Waals surface area contributed by atoms with Gasteiger partial charge < -0.3 is 10.8 Å². The zero-order chi connectivity index (χ0) is 9.84. The third kappa shape index (κ3) is 3.16. The van der Waals surface area contributed by atoms with Gasteiger partial charge in [0, 0.05) is 22.7 Å². The molecule has 0 heterocycles. The maximum atomic E-state index is 8.69. The lowest BCUT2D eigenvalue weighted by Crippen LogP contribution is -2.11. The summed E-state index contributed by atoms with van der Waals surface area (Å²) in [5.41, 5.74) is 6.62. The highest BCUT2D eigenvalue weighted by Gasteiger charge is 2.06. The molecule has 1 aromatic rings. The van der Waals surface area contributed by atoms with Crippen molar-refractivity contribution in [2.45, 2.75) is 12.5 Å². The number of aliphatic hydroxyl groups is 1. The van der Waals surface area contributed by atoms with Crippen molar-refractivity contribution in [1.82, 2.24) is 0 Å². The summed E-state index contributed by atoms with van der Waals surface area (Å²) in [4.78, 5) is 0. The van der Waals surface area contributed by atoms with E-state index in [4.69, 9.17) is 34.0 Å². The first-order chi connectivity index (χ1) is 6.13. The van der Waals surface area contributed by atoms with Gasteiger partial charge in [0.1, 0.15) is 0 Å². The van der Waals surface area contributed by atoms with Crippen molar-refractivity contribution in [3.8, 4) is 0 Å². The van der Waals surface area contributed by atoms with E-state index < -0.39 is 0 Å². The monoisotopic (exact) mass is 219 g/mol. The number of rotatable bonds is 3. The molecule has 4 heteroatoms. The molecule has 0 aliphatic carbocycles. The highest BCUT2D eigenvalue weighted by molar-refractivity contribution is 6.34. The molecule has 0 bridgehead atoms. The van der Waals surface area contributed by atoms with Crippen LogP contribution in [0.25, 0.3) is 0 Å². The van der Waals surface area contributed by atoms with Gasteiger partial charge in [-0.05, 0) is 30.2 Å². The molecule has 0 spiro atoms. The first-order valence-electron chi connectivity index (χ1n) is 3.96. The van der Waals surface area contributed by atoms with E-state index in [1.54, 1.807) is 18.2 Å². The fraction of sp³-hybridized carbons (Fsp3) is 0.333. The Kier molecular flexibility index (Phi) is 4.00. The molecule has 13 heavy (non-hydrogen) atoms. The maximum Gasteiger partial charge on any atom is 0.0449 e. The quantitative estimate of drug-likeness (QED) is 0.821. The molecule has 0 saturated heterocycles. The number of aliphatic hydroxyl groups excluding tert-OH is 1. The summed E-state index contributed by atoms with van der Waals surface area (Å²) < 4.78 is 0. The van der Waals surface area contributed by atoms with Crippen molar-refractivity contribution < 1.29 is 5.11 Å². The number of halogens is 2. The molecule has 1 aromatic carbocycles. The Morgan fingerprint density at radius 3 is 2.23 bits per heavy atom. The molecule has 0 unspecified atom stereocenters. The van der Waals surface area contributed by atoms with E-state index in [0.717, 1.165) is 5.56 Å². The molecule has 0 amide bonds. The smallest absolute Gasteiger partial charge is 0.0449 e. The van der Waals surface area contributed by atoms with Crippen LogP contribution in [0.4, 0.5) is 0 Å². The molecule has 3 N–H and O–H groups in total. The predicted molar refractivity (Wildman–Crippen MR) is 55.1 cm³/mol. The van der Waals surface area contributed by atoms with Crippen molar-refractivity contribution in [2.24, 2.45) is 5.73 Å². The molecule has 0 saturated carbocycles. The van der Waals surface area contributed by atoms with Crippen LogP contribution in [0.15, 0.2) is 18.2 Å². The molecular formula is C9H11Cl2NO. The van der Waals surface area contributed by atoms with Gasteiger partial charge in [-0.15, -0.1) is 0 Å². The zero-order valence-corrected chi connectivity index (χ0v) is 8.52. The van der Waals surface area contributed by atoms with Crippen LogP contribution in [-0.2, 0) is 0 Å². The van der Waals surface area contributed by atoms with E-state index >= 15 is 0 Å². The molecule has 1 atom stereocenters. The largest absolute Gasteiger partial charge is 0.396 e. The van der Waals surface area contributed by atoms with E-state index in [1.807, 2.05) is 0 Å². The first kappa shape index (κ1) is 10.8. The van der Waals surface area contributed by atoms with Gasteiger partial charge in [-0.2, -0.15) is 0 Å². The second kappa shape index (κ2) is 4.82. The van der Waals surface area contributed by atoms with Crippen LogP contribution >= 0.6 is 23.2 Å². The molecule has 0 aromatic heterocycles. The van der Waals surface area contributed by atoms with Crippen LogP contribution in [0.3, 0.4) is 0 Å². The van der Waals surface area contributed by atoms with E-state index in [2.05, 4.69) is 0 Å². The minimum atomic E-state index is -0.207. The fourth-order valence-electron chi connectivity index (χ4n) is 1.09. The van der Waals surface area contributed by atoms with Crippen molar-refractivity contribution in [2.75, 3.05) is 6.61 Å². The van der Waals surface area contributed by atoms with Gasteiger partial charge in [-0.1, -0.05) is 23.2 Å². The molecule has 72 valence electrons. The summed E-state index contributed by atoms with van der Waals surface area (Å²) in [5, 5.41) is 9.82. The standard InChI is InChI=1S/C9H11Cl2NO/c10-7-3-6(4-8(11)5-7)9(12)1-2-13/h3-5,9,13H,1-2,12H2/t9-/m0/s1. The van der Waals surface area contributed by atoms with Gasteiger partial charge in [-0.3, -0.25) is 0 Å². The highest BCUT2D eigenvalue weighted by Crippen LogP contribution is 2.23. The van der Waals surface area contributed by atoms with Gasteiger partial charge in [-0.25, -0.2) is 0 Å². The van der Waals surface area contributed by atoms with Crippen molar-refractivity contribution in [1.29, 1.82) is 0 Å². The Bertz CT molecular complexity index is 271. The van der Waals surface area contributed by atoms with Gasteiger partial charge in [0.25, 0.3) is 0 Å². The predicted octanol–water partition coefficient (Wildman–Crippen LogP) is 2.38.